The molecule has 0 aromatic rings. The molecule has 0 spiro atoms. The van der Waals surface area contributed by atoms with Crippen LogP contribution in [0, 0.1) is 0 Å². The van der Waals surface area contributed by atoms with Crippen LogP contribution in [0.4, 0.5) is 0 Å². The number of nitrogens with one attached hydrogen (secondary N) is 1. The number of primary amides is 1. The van der Waals surface area contributed by atoms with Gasteiger partial charge in [-0.15, -0.1) is 0 Å². The third-order valence-corrected chi connectivity index (χ3v) is 0.799. The Morgan fingerprint density at radius 2 is 2.00 bits per heavy atom. The first-order valence-corrected chi connectivity index (χ1v) is 2.30. The van der Waals surface area contributed by atoms with E-state index in [2.05, 4.69) is 11.9 Å². The van der Waals surface area contributed by atoms with Crippen molar-refractivity contribution in [2.24, 2.45) is 5.73 Å². The molecule has 0 rings (SSSR count). The predicted molar refractivity (Wildman–Crippen MR) is 32.4 cm³/mol. The van der Waals surface area contributed by atoms with Crippen molar-refractivity contribution in [1.29, 1.82) is 0 Å². The average Bonchev–Trinajstić information content (AvgIpc) is 1.84. The molecule has 0 unspecified atom stereocenters. The molecule has 4 heteroatoms. The highest BCUT2D eigenvalue weighted by atomic mass is 16.2. The molecule has 2 amide bonds. The van der Waals surface area contributed by atoms with E-state index in [-0.39, 0.29) is 5.57 Å². The van der Waals surface area contributed by atoms with Crippen LogP contribution < -0.4 is 11.1 Å². The van der Waals surface area contributed by atoms with Crippen LogP contribution in [0.15, 0.2) is 12.2 Å². The minimum absolute atomic E-state index is 0.225. The van der Waals surface area contributed by atoms with Gasteiger partial charge in [0.1, 0.15) is 0 Å². The summed E-state index contributed by atoms with van der Waals surface area (Å²) in [6.07, 6.45) is 0. The van der Waals surface area contributed by atoms with Crippen LogP contribution in [0.25, 0.3) is 0 Å². The predicted octanol–water partition coefficient (Wildman–Crippen LogP) is -1.23. The maximum absolute atomic E-state index is 10.4. The molecule has 0 bridgehead atoms. The second-order valence-electron chi connectivity index (χ2n) is 1.42. The highest BCUT2D eigenvalue weighted by Gasteiger charge is 2.08. The number of carbonyl (C=O) groups excluding carboxylic acids is 2. The van der Waals surface area contributed by atoms with Crippen LogP contribution in [-0.2, 0) is 9.59 Å². The maximum atomic E-state index is 10.4. The summed E-state index contributed by atoms with van der Waals surface area (Å²) in [6.45, 7) is 3.14. The Morgan fingerprint density at radius 1 is 1.56 bits per heavy atom. The second-order valence-corrected chi connectivity index (χ2v) is 1.42. The standard InChI is InChI=1S/C5H8N2O2/c1-3(4(6)8)5(9)7-2/h1H2,2H3,(H2,6,8)(H,7,9). The van der Waals surface area contributed by atoms with Gasteiger partial charge >= 0.3 is 0 Å². The van der Waals surface area contributed by atoms with Crippen LogP contribution in [0.2, 0.25) is 0 Å². The first-order chi connectivity index (χ1) is 4.09. The summed E-state index contributed by atoms with van der Waals surface area (Å²) >= 11 is 0. The average molecular weight is 128 g/mol. The summed E-state index contributed by atoms with van der Waals surface area (Å²) in [6, 6.07) is 0. The molecule has 9 heavy (non-hydrogen) atoms. The number of carbonyl (C=O) groups is 2. The number of rotatable bonds is 2. The van der Waals surface area contributed by atoms with Crippen molar-refractivity contribution in [3.05, 3.63) is 12.2 Å². The van der Waals surface area contributed by atoms with Gasteiger partial charge in [0.15, 0.2) is 0 Å². The molecule has 0 aromatic carbocycles. The third kappa shape index (κ3) is 1.94. The molecule has 0 heterocycles. The highest BCUT2D eigenvalue weighted by molar-refractivity contribution is 6.17. The van der Waals surface area contributed by atoms with Gasteiger partial charge < -0.3 is 11.1 Å². The van der Waals surface area contributed by atoms with Crippen molar-refractivity contribution in [2.75, 3.05) is 7.05 Å². The summed E-state index contributed by atoms with van der Waals surface area (Å²) in [5.74, 6) is -1.34. The summed E-state index contributed by atoms with van der Waals surface area (Å²) in [5.41, 5.74) is 4.49. The lowest BCUT2D eigenvalue weighted by Crippen LogP contribution is -2.27. The van der Waals surface area contributed by atoms with Crippen LogP contribution >= 0.6 is 0 Å². The SMILES string of the molecule is C=C(C(N)=O)C(=O)NC. The first kappa shape index (κ1) is 7.68. The molecule has 3 N–H and O–H groups in total. The molecule has 0 saturated heterocycles. The van der Waals surface area contributed by atoms with E-state index in [4.69, 9.17) is 5.73 Å². The van der Waals surface area contributed by atoms with E-state index >= 15 is 0 Å². The smallest absolute Gasteiger partial charge is 0.255 e. The first-order valence-electron chi connectivity index (χ1n) is 2.30. The van der Waals surface area contributed by atoms with Crippen LogP contribution in [0.3, 0.4) is 0 Å². The number of nitrogens with two attached hydrogens (primary N) is 1. The molecular formula is C5H8N2O2. The van der Waals surface area contributed by atoms with Gasteiger partial charge in [0.2, 0.25) is 0 Å². The Hall–Kier alpha value is -1.32. The molecule has 0 aromatic heterocycles. The molecular weight excluding hydrogens is 120 g/mol. The van der Waals surface area contributed by atoms with Gasteiger partial charge in [0.05, 0.1) is 5.57 Å². The van der Waals surface area contributed by atoms with E-state index in [9.17, 15) is 9.59 Å². The minimum Gasteiger partial charge on any atom is -0.365 e. The van der Waals surface area contributed by atoms with Crippen LogP contribution in [0.1, 0.15) is 0 Å². The van der Waals surface area contributed by atoms with Crippen molar-refractivity contribution in [1.82, 2.24) is 5.32 Å². The number of amides is 2. The molecule has 0 saturated carbocycles. The van der Waals surface area contributed by atoms with Gasteiger partial charge in [0, 0.05) is 7.05 Å². The molecule has 50 valence electrons. The van der Waals surface area contributed by atoms with Gasteiger partial charge in [-0.2, -0.15) is 0 Å². The topological polar surface area (TPSA) is 72.2 Å². The second kappa shape index (κ2) is 2.86. The zero-order valence-corrected chi connectivity index (χ0v) is 5.10. The van der Waals surface area contributed by atoms with Crippen molar-refractivity contribution in [3.63, 3.8) is 0 Å². The van der Waals surface area contributed by atoms with Crippen molar-refractivity contribution >= 4 is 11.8 Å². The van der Waals surface area contributed by atoms with E-state index in [1.54, 1.807) is 0 Å². The molecule has 0 aliphatic heterocycles. The molecule has 0 aliphatic rings. The van der Waals surface area contributed by atoms with E-state index in [1.807, 2.05) is 0 Å². The number of hydrogen-bond donors (Lipinski definition) is 2. The monoisotopic (exact) mass is 128 g/mol. The van der Waals surface area contributed by atoms with Crippen molar-refractivity contribution in [2.45, 2.75) is 0 Å². The fourth-order valence-electron chi connectivity index (χ4n) is 0.263. The zero-order valence-electron chi connectivity index (χ0n) is 5.10. The fourth-order valence-corrected chi connectivity index (χ4v) is 0.263. The largest absolute Gasteiger partial charge is 0.365 e. The quantitative estimate of drug-likeness (QED) is 0.278. The van der Waals surface area contributed by atoms with Gasteiger partial charge in [0.25, 0.3) is 11.8 Å². The Kier molecular flexibility index (Phi) is 2.44. The Morgan fingerprint density at radius 3 is 2.11 bits per heavy atom. The Bertz CT molecular complexity index is 162. The van der Waals surface area contributed by atoms with Gasteiger partial charge in [-0.3, -0.25) is 9.59 Å². The van der Waals surface area contributed by atoms with Crippen molar-refractivity contribution < 1.29 is 9.59 Å². The lowest BCUT2D eigenvalue weighted by Gasteiger charge is -1.95. The van der Waals surface area contributed by atoms with E-state index < -0.39 is 11.8 Å². The lowest BCUT2D eigenvalue weighted by atomic mass is 10.3. The zero-order chi connectivity index (χ0) is 7.44. The maximum Gasteiger partial charge on any atom is 0.255 e. The van der Waals surface area contributed by atoms with Crippen molar-refractivity contribution in [3.8, 4) is 0 Å². The molecule has 0 atom stereocenters. The van der Waals surface area contributed by atoms with E-state index in [0.717, 1.165) is 0 Å². The van der Waals surface area contributed by atoms with Crippen LogP contribution in [0.5, 0.6) is 0 Å². The minimum atomic E-state index is -0.797. The van der Waals surface area contributed by atoms with Gasteiger partial charge in [-0.1, -0.05) is 6.58 Å². The number of likely N-dealkylation sites (N-methyl/N-ethyl adjacent to an activating group) is 1. The Labute approximate surface area is 52.7 Å². The highest BCUT2D eigenvalue weighted by Crippen LogP contribution is 1.84. The normalized spacial score (nSPS) is 8.11. The van der Waals surface area contributed by atoms with E-state index in [1.165, 1.54) is 7.05 Å². The van der Waals surface area contributed by atoms with E-state index in [0.29, 0.717) is 0 Å². The lowest BCUT2D eigenvalue weighted by molar-refractivity contribution is -0.121. The summed E-state index contributed by atoms with van der Waals surface area (Å²) in [5, 5.41) is 2.21. The molecule has 0 fully saturated rings. The summed E-state index contributed by atoms with van der Waals surface area (Å²) in [4.78, 5) is 20.6. The Balaban J connectivity index is 4.05. The molecule has 0 radical (unpaired) electrons. The fraction of sp³-hybridized carbons (Fsp3) is 0.200. The third-order valence-electron chi connectivity index (χ3n) is 0.799. The molecule has 4 nitrogen and oxygen atoms in total. The van der Waals surface area contributed by atoms with Gasteiger partial charge in [-0.05, 0) is 0 Å². The van der Waals surface area contributed by atoms with Crippen LogP contribution in [-0.4, -0.2) is 18.9 Å². The summed E-state index contributed by atoms with van der Waals surface area (Å²) in [7, 11) is 1.40. The van der Waals surface area contributed by atoms with Gasteiger partial charge in [-0.25, -0.2) is 0 Å². The number of hydrogen-bond acceptors (Lipinski definition) is 2. The summed E-state index contributed by atoms with van der Waals surface area (Å²) < 4.78 is 0. The molecule has 0 aliphatic carbocycles.